The monoisotopic (exact) mass is 1090 g/mol. The van der Waals surface area contributed by atoms with E-state index in [-0.39, 0.29) is 54.4 Å². The summed E-state index contributed by atoms with van der Waals surface area (Å²) in [6, 6.07) is 22.6. The Kier molecular flexibility index (Phi) is 15.9. The highest BCUT2D eigenvalue weighted by molar-refractivity contribution is 7.13. The number of ether oxygens (including phenoxy) is 2. The zero-order valence-electron chi connectivity index (χ0n) is 46.1. The number of hydrogen-bond acceptors (Lipinski definition) is 17. The van der Waals surface area contributed by atoms with Gasteiger partial charge < -0.3 is 54.9 Å². The number of pyridine rings is 1. The number of piperazine rings is 1. The second kappa shape index (κ2) is 23.1. The van der Waals surface area contributed by atoms with E-state index in [1.807, 2.05) is 81.9 Å². The fourth-order valence-electron chi connectivity index (χ4n) is 13.3. The van der Waals surface area contributed by atoms with Gasteiger partial charge in [-0.15, -0.1) is 21.5 Å². The number of nitrogens with one attached hydrogen (secondary N) is 1. The summed E-state index contributed by atoms with van der Waals surface area (Å²) in [6.07, 6.45) is 6.63. The molecule has 4 saturated heterocycles. The lowest BCUT2D eigenvalue weighted by atomic mass is 9.68. The predicted molar refractivity (Wildman–Crippen MR) is 307 cm³/mol. The molecule has 5 fully saturated rings. The van der Waals surface area contributed by atoms with Gasteiger partial charge in [0, 0.05) is 80.8 Å². The molecule has 9 atom stereocenters. The molecule has 5 aliphatic rings. The van der Waals surface area contributed by atoms with Crippen molar-refractivity contribution < 1.29 is 33.8 Å². The maximum Gasteiger partial charge on any atom is 0.254 e. The smallest absolute Gasteiger partial charge is 0.254 e. The van der Waals surface area contributed by atoms with E-state index in [4.69, 9.17) is 19.7 Å². The van der Waals surface area contributed by atoms with Gasteiger partial charge in [0.1, 0.15) is 31.7 Å². The predicted octanol–water partition coefficient (Wildman–Crippen LogP) is 7.30. The zero-order valence-corrected chi connectivity index (χ0v) is 47.0. The summed E-state index contributed by atoms with van der Waals surface area (Å²) >= 11 is 1.60. The minimum Gasteiger partial charge on any atom is -0.507 e. The number of phenols is 1. The molecule has 2 unspecified atom stereocenters. The Morgan fingerprint density at radius 3 is 2.43 bits per heavy atom. The third kappa shape index (κ3) is 11.6. The molecule has 0 radical (unpaired) electrons. The summed E-state index contributed by atoms with van der Waals surface area (Å²) in [5.74, 6) is 2.32. The summed E-state index contributed by atoms with van der Waals surface area (Å²) < 4.78 is 18.6. The fraction of sp³-hybridized carbons (Fsp3) is 0.508. The molecule has 1 saturated carbocycles. The number of likely N-dealkylation sites (tertiary alicyclic amines) is 2. The Balaban J connectivity index is 0.620. The first-order valence-electron chi connectivity index (χ1n) is 28.3. The van der Waals surface area contributed by atoms with Gasteiger partial charge >= 0.3 is 0 Å². The van der Waals surface area contributed by atoms with Crippen LogP contribution >= 0.6 is 11.3 Å². The molecule has 416 valence electrons. The van der Waals surface area contributed by atoms with Gasteiger partial charge in [-0.05, 0) is 123 Å². The van der Waals surface area contributed by atoms with E-state index in [1.165, 1.54) is 4.90 Å². The molecule has 20 heteroatoms. The molecule has 4 aromatic heterocycles. The van der Waals surface area contributed by atoms with Crippen LogP contribution in [0.2, 0.25) is 5.82 Å². The van der Waals surface area contributed by atoms with Crippen LogP contribution in [0.5, 0.6) is 17.5 Å². The van der Waals surface area contributed by atoms with Gasteiger partial charge in [-0.1, -0.05) is 57.2 Å². The number of nitrogens with zero attached hydrogens (tertiary/aromatic N) is 9. The lowest BCUT2D eigenvalue weighted by Gasteiger charge is -2.44. The van der Waals surface area contributed by atoms with Crippen molar-refractivity contribution in [3.8, 4) is 39.2 Å². The fourth-order valence-corrected chi connectivity index (χ4v) is 14.1. The topological polar surface area (TPSA) is 222 Å². The van der Waals surface area contributed by atoms with E-state index in [2.05, 4.69) is 72.2 Å². The highest BCUT2D eigenvalue weighted by Gasteiger charge is 2.45. The maximum absolute atomic E-state index is 14.4. The molecule has 2 bridgehead atoms. The van der Waals surface area contributed by atoms with Crippen molar-refractivity contribution >= 4 is 48.2 Å². The average molecular weight is 1090 g/mol. The highest BCUT2D eigenvalue weighted by atomic mass is 32.1. The summed E-state index contributed by atoms with van der Waals surface area (Å²) in [5.41, 5.74) is 14.5. The van der Waals surface area contributed by atoms with E-state index in [0.717, 1.165) is 97.9 Å². The lowest BCUT2D eigenvalue weighted by Crippen LogP contribution is -2.54. The zero-order chi connectivity index (χ0) is 55.1. The largest absolute Gasteiger partial charge is 0.507 e. The highest BCUT2D eigenvalue weighted by Crippen LogP contribution is 2.42. The third-order valence-electron chi connectivity index (χ3n) is 17.5. The number of carbonyl (C=O) groups is 2. The van der Waals surface area contributed by atoms with Crippen LogP contribution in [0, 0.1) is 30.6 Å². The van der Waals surface area contributed by atoms with Gasteiger partial charge in [0.15, 0.2) is 11.6 Å². The normalized spacial score (nSPS) is 25.2. The van der Waals surface area contributed by atoms with Crippen LogP contribution in [0.4, 0.5) is 17.2 Å². The number of fused-ring (bicyclic) bond motifs is 2. The number of para-hydroxylation sites is 1. The van der Waals surface area contributed by atoms with Crippen LogP contribution in [0.1, 0.15) is 95.2 Å². The molecule has 0 spiro atoms. The van der Waals surface area contributed by atoms with Gasteiger partial charge in [-0.25, -0.2) is 9.97 Å². The Hall–Kier alpha value is -6.77. The molecule has 11 rings (SSSR count). The van der Waals surface area contributed by atoms with Crippen LogP contribution in [0.15, 0.2) is 89.0 Å². The first-order valence-corrected chi connectivity index (χ1v) is 29.2. The first kappa shape index (κ1) is 54.2. The number of phenolic OH excluding ortho intramolecular Hbond substituents is 1. The maximum atomic E-state index is 14.4. The van der Waals surface area contributed by atoms with Gasteiger partial charge in [0.2, 0.25) is 17.7 Å². The first-order chi connectivity index (χ1) is 38.1. The molecule has 2 amide bonds. The number of piperidine rings is 1. The number of aromatic nitrogens is 5. The average Bonchev–Trinajstić information content (AvgIpc) is 4.28. The second-order valence-electron chi connectivity index (χ2n) is 23.4. The molecular weight excluding hydrogens is 1020 g/mol. The van der Waals surface area contributed by atoms with Gasteiger partial charge in [0.25, 0.3) is 5.88 Å². The number of β-amino-alcohol motifs (C(OH)–C–C–N with tert-alkyl or cyclic N) is 1. The Morgan fingerprint density at radius 1 is 0.937 bits per heavy atom. The molecule has 5 N–H and O–H groups in total. The third-order valence-corrected chi connectivity index (χ3v) is 18.5. The number of anilines is 3. The summed E-state index contributed by atoms with van der Waals surface area (Å²) in [4.78, 5) is 47.3. The number of nitrogens with two attached hydrogens (primary N) is 1. The summed E-state index contributed by atoms with van der Waals surface area (Å²) in [6.45, 7) is 15.4. The van der Waals surface area contributed by atoms with Crippen molar-refractivity contribution in [1.82, 2.24) is 40.4 Å². The quantitative estimate of drug-likeness (QED) is 0.0620. The van der Waals surface area contributed by atoms with E-state index >= 15 is 0 Å². The van der Waals surface area contributed by atoms with Crippen molar-refractivity contribution in [2.24, 2.45) is 23.7 Å². The van der Waals surface area contributed by atoms with E-state index in [1.54, 1.807) is 29.5 Å². The van der Waals surface area contributed by atoms with E-state index in [0.29, 0.717) is 71.0 Å². The van der Waals surface area contributed by atoms with Crippen LogP contribution in [0.25, 0.3) is 21.7 Å². The number of benzene rings is 2. The molecule has 1 aliphatic carbocycles. The van der Waals surface area contributed by atoms with Crippen molar-refractivity contribution in [2.45, 2.75) is 121 Å². The molecule has 6 aromatic rings. The van der Waals surface area contributed by atoms with Crippen LogP contribution < -0.4 is 30.3 Å². The van der Waals surface area contributed by atoms with Crippen molar-refractivity contribution in [2.75, 3.05) is 61.4 Å². The summed E-state index contributed by atoms with van der Waals surface area (Å²) in [7, 11) is 2.25. The second-order valence-corrected chi connectivity index (χ2v) is 24.3. The van der Waals surface area contributed by atoms with Crippen LogP contribution in [0.3, 0.4) is 0 Å². The SMILES string of the molecule is B[C@H](COc1cc([C@@H](C(=O)N2C[C@H](O)C[C@H]2C(=O)N[C@@H](C)c2ccc(-c3scnc3C)cc2)C(C)C)on1)[C@H]1CCN(C[C@H]2C[C@H](Oc3cc(N4C5CCC4CN(c4cc(-c6ccccc6O)nnc4N)C5)ccn3)C2)C[C@@H]1C. The van der Waals surface area contributed by atoms with Crippen LogP contribution in [-0.4, -0.2) is 141 Å². The number of nitrogen functional groups attached to an aromatic ring is 1. The molecular formula is C59H74BN11O7S. The number of aliphatic hydroxyl groups excluding tert-OH is 1. The van der Waals surface area contributed by atoms with Crippen molar-refractivity contribution in [3.63, 3.8) is 0 Å². The Bertz CT molecular complexity index is 3090. The molecule has 4 aliphatic heterocycles. The minimum atomic E-state index is -0.825. The number of aromatic hydroxyl groups is 1. The molecule has 8 heterocycles. The Morgan fingerprint density at radius 2 is 1.71 bits per heavy atom. The number of aliphatic hydroxyl groups is 1. The van der Waals surface area contributed by atoms with Gasteiger partial charge in [0.05, 0.1) is 46.2 Å². The number of rotatable bonds is 18. The molecule has 18 nitrogen and oxygen atoms in total. The van der Waals surface area contributed by atoms with Gasteiger partial charge in [-0.3, -0.25) is 9.59 Å². The van der Waals surface area contributed by atoms with Crippen LogP contribution in [-0.2, 0) is 9.59 Å². The van der Waals surface area contributed by atoms with Gasteiger partial charge in [-0.2, -0.15) is 0 Å². The Labute approximate surface area is 467 Å². The van der Waals surface area contributed by atoms with E-state index in [9.17, 15) is 19.8 Å². The summed E-state index contributed by atoms with van der Waals surface area (Å²) in [5, 5.41) is 37.2. The molecule has 79 heavy (non-hydrogen) atoms. The number of hydrogen-bond donors (Lipinski definition) is 4. The number of aryl methyl sites for hydroxylation is 1. The van der Waals surface area contributed by atoms with E-state index < -0.39 is 18.1 Å². The number of thiazole rings is 1. The molecule has 2 aromatic carbocycles. The lowest BCUT2D eigenvalue weighted by molar-refractivity contribution is -0.141. The standard InChI is InChI=1S/C59H74BN11O7S/c1-33(2)55(59(75)70-30-43(72)23-50(70)58(74)64-35(4)38-10-12-39(13-11-38)56-36(5)63-32-79-56)52-25-54(67-78-52)76-31-47(60)45-17-19-68(26-34(45)3)27-37-20-44(21-37)77-53-22-40(16-18-62-53)71-41-14-15-42(71)29-69(28-41)49-24-48(65-66-57(49)61)46-8-6-7-9-51(46)73/h6-13,16,18,22,24-25,32-35,37,41-45,47,50,55,72-73H,14-15,17,19-21,23,26-31,60H2,1-5H3,(H2,61,66)(H,64,74)/t34-,35-,37-,41?,42?,43+,44-,45-,47+,50-,55-/m0/s1. The van der Waals surface area contributed by atoms with Crippen molar-refractivity contribution in [1.29, 1.82) is 0 Å². The van der Waals surface area contributed by atoms with Crippen molar-refractivity contribution in [3.05, 3.63) is 102 Å². The minimum absolute atomic E-state index is 0.0596. The number of carbonyl (C=O) groups excluding carboxylic acids is 2. The number of amides is 2.